The molecule has 0 aliphatic carbocycles. The van der Waals surface area contributed by atoms with Crippen molar-refractivity contribution in [2.45, 2.75) is 44.6 Å². The zero-order valence-corrected chi connectivity index (χ0v) is 18.6. The molecular formula is C23H27Cl2NO3. The highest BCUT2D eigenvalue weighted by Gasteiger charge is 2.59. The Morgan fingerprint density at radius 2 is 1.90 bits per heavy atom. The molecule has 0 spiro atoms. The van der Waals surface area contributed by atoms with E-state index in [0.29, 0.717) is 34.3 Å². The summed E-state index contributed by atoms with van der Waals surface area (Å²) in [7, 11) is 1.54. The third-order valence-corrected chi connectivity index (χ3v) is 6.17. The smallest absolute Gasteiger partial charge is 0.316 e. The molecule has 156 valence electrons. The van der Waals surface area contributed by atoms with Crippen LogP contribution in [0.2, 0.25) is 10.0 Å². The van der Waals surface area contributed by atoms with Gasteiger partial charge in [0.2, 0.25) is 0 Å². The first kappa shape index (κ1) is 21.9. The summed E-state index contributed by atoms with van der Waals surface area (Å²) in [5.41, 5.74) is 0.219. The lowest BCUT2D eigenvalue weighted by atomic mass is 9.63. The van der Waals surface area contributed by atoms with Crippen molar-refractivity contribution in [3.8, 4) is 5.75 Å². The van der Waals surface area contributed by atoms with Crippen molar-refractivity contribution < 1.29 is 14.6 Å². The molecule has 3 rings (SSSR count). The SMILES string of the molecule is COc1cc(Cl)ccc1[C@@]1(C(=O)O)[C@H](CC(C)(C)C)NC[C@@H]1c1cccc(Cl)c1. The maximum absolute atomic E-state index is 13.1. The summed E-state index contributed by atoms with van der Waals surface area (Å²) in [6.45, 7) is 6.88. The minimum atomic E-state index is -1.23. The van der Waals surface area contributed by atoms with Gasteiger partial charge < -0.3 is 15.2 Å². The summed E-state index contributed by atoms with van der Waals surface area (Å²) in [5.74, 6) is -0.724. The Morgan fingerprint density at radius 1 is 1.21 bits per heavy atom. The number of hydrogen-bond donors (Lipinski definition) is 2. The second kappa shape index (κ2) is 8.17. The van der Waals surface area contributed by atoms with Crippen molar-refractivity contribution in [3.05, 3.63) is 63.6 Å². The number of rotatable bonds is 5. The van der Waals surface area contributed by atoms with Gasteiger partial charge in [0.15, 0.2) is 0 Å². The fourth-order valence-corrected chi connectivity index (χ4v) is 4.93. The molecule has 1 aliphatic rings. The van der Waals surface area contributed by atoms with Crippen molar-refractivity contribution in [3.63, 3.8) is 0 Å². The first-order valence-electron chi connectivity index (χ1n) is 9.66. The molecule has 1 fully saturated rings. The Hall–Kier alpha value is -1.75. The van der Waals surface area contributed by atoms with Crippen LogP contribution in [0.5, 0.6) is 5.75 Å². The normalized spacial score (nSPS) is 24.5. The van der Waals surface area contributed by atoms with E-state index in [1.54, 1.807) is 31.4 Å². The lowest BCUT2D eigenvalue weighted by Gasteiger charge is -2.39. The van der Waals surface area contributed by atoms with Crippen molar-refractivity contribution in [1.82, 2.24) is 5.32 Å². The first-order valence-corrected chi connectivity index (χ1v) is 10.4. The average Bonchev–Trinajstić information content (AvgIpc) is 2.99. The van der Waals surface area contributed by atoms with Gasteiger partial charge in [-0.25, -0.2) is 0 Å². The fourth-order valence-electron chi connectivity index (χ4n) is 4.57. The predicted molar refractivity (Wildman–Crippen MR) is 117 cm³/mol. The molecule has 6 heteroatoms. The number of carbonyl (C=O) groups is 1. The maximum Gasteiger partial charge on any atom is 0.316 e. The van der Waals surface area contributed by atoms with Crippen LogP contribution in [0.3, 0.4) is 0 Å². The second-order valence-corrected chi connectivity index (χ2v) is 9.72. The van der Waals surface area contributed by atoms with Crippen LogP contribution in [0.4, 0.5) is 0 Å². The van der Waals surface area contributed by atoms with E-state index in [0.717, 1.165) is 5.56 Å². The molecular weight excluding hydrogens is 409 g/mol. The minimum Gasteiger partial charge on any atom is -0.496 e. The lowest BCUT2D eigenvalue weighted by Crippen LogP contribution is -2.51. The maximum atomic E-state index is 13.1. The van der Waals surface area contributed by atoms with Crippen molar-refractivity contribution in [2.75, 3.05) is 13.7 Å². The van der Waals surface area contributed by atoms with Gasteiger partial charge >= 0.3 is 5.97 Å². The summed E-state index contributed by atoms with van der Waals surface area (Å²) in [4.78, 5) is 13.1. The van der Waals surface area contributed by atoms with E-state index in [1.165, 1.54) is 0 Å². The molecule has 2 N–H and O–H groups in total. The van der Waals surface area contributed by atoms with Crippen LogP contribution in [0.1, 0.15) is 44.2 Å². The topological polar surface area (TPSA) is 58.6 Å². The van der Waals surface area contributed by atoms with Crippen LogP contribution >= 0.6 is 23.2 Å². The Morgan fingerprint density at radius 3 is 2.48 bits per heavy atom. The van der Waals surface area contributed by atoms with Crippen molar-refractivity contribution >= 4 is 29.2 Å². The number of nitrogens with one attached hydrogen (secondary N) is 1. The molecule has 0 radical (unpaired) electrons. The largest absolute Gasteiger partial charge is 0.496 e. The third-order valence-electron chi connectivity index (χ3n) is 5.70. The molecule has 29 heavy (non-hydrogen) atoms. The Balaban J connectivity index is 2.29. The summed E-state index contributed by atoms with van der Waals surface area (Å²) < 4.78 is 5.60. The van der Waals surface area contributed by atoms with Gasteiger partial charge in [0.1, 0.15) is 11.2 Å². The Kier molecular flexibility index (Phi) is 6.19. The molecule has 0 amide bonds. The highest BCUT2D eigenvalue weighted by atomic mass is 35.5. The number of benzene rings is 2. The van der Waals surface area contributed by atoms with Crippen LogP contribution in [0.25, 0.3) is 0 Å². The molecule has 1 saturated heterocycles. The van der Waals surface area contributed by atoms with E-state index in [-0.39, 0.29) is 17.4 Å². The molecule has 0 aromatic heterocycles. The summed E-state index contributed by atoms with van der Waals surface area (Å²) in [5, 5.41) is 15.3. The van der Waals surface area contributed by atoms with Gasteiger partial charge in [-0.1, -0.05) is 62.2 Å². The van der Waals surface area contributed by atoms with E-state index in [4.69, 9.17) is 27.9 Å². The van der Waals surface area contributed by atoms with E-state index < -0.39 is 11.4 Å². The van der Waals surface area contributed by atoms with E-state index in [9.17, 15) is 9.90 Å². The Labute approximate surface area is 182 Å². The lowest BCUT2D eigenvalue weighted by molar-refractivity contribution is -0.145. The zero-order valence-electron chi connectivity index (χ0n) is 17.1. The van der Waals surface area contributed by atoms with Crippen LogP contribution < -0.4 is 10.1 Å². The summed E-state index contributed by atoms with van der Waals surface area (Å²) in [6.07, 6.45) is 0.683. The number of carboxylic acids is 1. The molecule has 3 atom stereocenters. The molecule has 2 aromatic carbocycles. The van der Waals surface area contributed by atoms with Crippen LogP contribution in [-0.4, -0.2) is 30.8 Å². The number of aliphatic carboxylic acids is 1. The van der Waals surface area contributed by atoms with E-state index >= 15 is 0 Å². The van der Waals surface area contributed by atoms with Gasteiger partial charge in [-0.2, -0.15) is 0 Å². The van der Waals surface area contributed by atoms with Gasteiger partial charge in [-0.15, -0.1) is 0 Å². The first-order chi connectivity index (χ1) is 13.6. The Bertz CT molecular complexity index is 909. The molecule has 2 aromatic rings. The highest BCUT2D eigenvalue weighted by molar-refractivity contribution is 6.31. The standard InChI is InChI=1S/C23H27Cl2NO3/c1-22(2,3)12-20-23(21(27)28,17-9-8-16(25)11-19(17)29-4)18(13-26-20)14-6-5-7-15(24)10-14/h5-11,18,20,26H,12-13H2,1-4H3,(H,27,28)/t18-,20+,23+/m1/s1. The molecule has 0 bridgehead atoms. The molecule has 1 aliphatic heterocycles. The van der Waals surface area contributed by atoms with Crippen LogP contribution in [0.15, 0.2) is 42.5 Å². The van der Waals surface area contributed by atoms with E-state index in [1.807, 2.05) is 18.2 Å². The number of hydrogen-bond acceptors (Lipinski definition) is 3. The van der Waals surface area contributed by atoms with Gasteiger partial charge in [0.05, 0.1) is 7.11 Å². The molecule has 0 unspecified atom stereocenters. The quantitative estimate of drug-likeness (QED) is 0.649. The zero-order chi connectivity index (χ0) is 21.4. The van der Waals surface area contributed by atoms with Gasteiger partial charge in [-0.3, -0.25) is 4.79 Å². The number of ether oxygens (including phenoxy) is 1. The third kappa shape index (κ3) is 4.11. The van der Waals surface area contributed by atoms with Gasteiger partial charge in [0, 0.05) is 34.1 Å². The van der Waals surface area contributed by atoms with Gasteiger partial charge in [0.25, 0.3) is 0 Å². The predicted octanol–water partition coefficient (Wildman–Crippen LogP) is 5.52. The number of halogens is 2. The van der Waals surface area contributed by atoms with Crippen LogP contribution in [0, 0.1) is 5.41 Å². The average molecular weight is 436 g/mol. The van der Waals surface area contributed by atoms with Gasteiger partial charge in [-0.05, 0) is 41.7 Å². The summed E-state index contributed by atoms with van der Waals surface area (Å²) in [6, 6.07) is 12.4. The number of methoxy groups -OCH3 is 1. The highest BCUT2D eigenvalue weighted by Crippen LogP contribution is 2.51. The fraction of sp³-hybridized carbons (Fsp3) is 0.435. The van der Waals surface area contributed by atoms with Crippen molar-refractivity contribution in [1.29, 1.82) is 0 Å². The minimum absolute atomic E-state index is 0.0682. The second-order valence-electron chi connectivity index (χ2n) is 8.85. The molecule has 4 nitrogen and oxygen atoms in total. The molecule has 0 saturated carbocycles. The molecule has 1 heterocycles. The van der Waals surface area contributed by atoms with Crippen LogP contribution in [-0.2, 0) is 10.2 Å². The summed E-state index contributed by atoms with van der Waals surface area (Å²) >= 11 is 12.4. The number of carboxylic acid groups (broad SMARTS) is 1. The van der Waals surface area contributed by atoms with E-state index in [2.05, 4.69) is 26.1 Å². The van der Waals surface area contributed by atoms with Crippen molar-refractivity contribution in [2.24, 2.45) is 5.41 Å². The monoisotopic (exact) mass is 435 g/mol.